The Bertz CT molecular complexity index is 1040. The number of hydrogen-bond acceptors (Lipinski definition) is 9. The van der Waals surface area contributed by atoms with Crippen LogP contribution in [0.4, 0.5) is 0 Å². The van der Waals surface area contributed by atoms with Gasteiger partial charge < -0.3 is 28.4 Å². The number of fused-ring (bicyclic) bond motifs is 1. The molecule has 10 nitrogen and oxygen atoms in total. The Morgan fingerprint density at radius 3 is 2.56 bits per heavy atom. The lowest BCUT2D eigenvalue weighted by molar-refractivity contribution is -0.228. The quantitative estimate of drug-likeness (QED) is 0.585. The predicted octanol–water partition coefficient (Wildman–Crippen LogP) is 2.44. The van der Waals surface area contributed by atoms with Crippen molar-refractivity contribution in [1.29, 1.82) is 0 Å². The second kappa shape index (κ2) is 8.69. The van der Waals surface area contributed by atoms with E-state index in [0.29, 0.717) is 18.8 Å². The van der Waals surface area contributed by atoms with Gasteiger partial charge in [-0.1, -0.05) is 35.5 Å². The van der Waals surface area contributed by atoms with Gasteiger partial charge in [-0.25, -0.2) is 9.48 Å². The molecular weight excluding hydrogens is 442 g/mol. The zero-order valence-corrected chi connectivity index (χ0v) is 20.1. The Morgan fingerprint density at radius 2 is 1.85 bits per heavy atom. The third-order valence-electron chi connectivity index (χ3n) is 6.38. The molecule has 0 amide bonds. The minimum atomic E-state index is -0.786. The average molecular weight is 474 g/mol. The van der Waals surface area contributed by atoms with Crippen molar-refractivity contribution >= 4 is 5.97 Å². The Labute approximate surface area is 198 Å². The summed E-state index contributed by atoms with van der Waals surface area (Å²) in [4.78, 5) is 12.9. The number of esters is 1. The molecule has 3 fully saturated rings. The first-order chi connectivity index (χ1) is 16.1. The van der Waals surface area contributed by atoms with Crippen LogP contribution < -0.4 is 0 Å². The summed E-state index contributed by atoms with van der Waals surface area (Å²) >= 11 is 0. The highest BCUT2D eigenvalue weighted by atomic mass is 16.8. The van der Waals surface area contributed by atoms with E-state index in [1.54, 1.807) is 11.6 Å². The predicted molar refractivity (Wildman–Crippen MR) is 118 cm³/mol. The first kappa shape index (κ1) is 23.4. The summed E-state index contributed by atoms with van der Waals surface area (Å²) in [6, 6.07) is 9.87. The van der Waals surface area contributed by atoms with Gasteiger partial charge in [-0.15, -0.1) is 5.10 Å². The maximum absolute atomic E-state index is 12.9. The van der Waals surface area contributed by atoms with E-state index in [0.717, 1.165) is 5.56 Å². The largest absolute Gasteiger partial charge is 0.460 e. The fourth-order valence-electron chi connectivity index (χ4n) is 4.72. The fraction of sp³-hybridized carbons (Fsp3) is 0.625. The van der Waals surface area contributed by atoms with Crippen molar-refractivity contribution in [2.45, 2.75) is 77.3 Å². The van der Waals surface area contributed by atoms with Crippen LogP contribution in [0.2, 0.25) is 0 Å². The van der Waals surface area contributed by atoms with Gasteiger partial charge in [0.15, 0.2) is 23.6 Å². The van der Waals surface area contributed by atoms with Crippen molar-refractivity contribution in [2.75, 3.05) is 13.2 Å². The number of benzene rings is 1. The Morgan fingerprint density at radius 1 is 1.09 bits per heavy atom. The maximum Gasteiger partial charge on any atom is 0.360 e. The Balaban J connectivity index is 1.28. The minimum absolute atomic E-state index is 0.0649. The number of carbonyl (C=O) groups excluding carboxylic acids is 1. The lowest BCUT2D eigenvalue weighted by Crippen LogP contribution is -2.41. The van der Waals surface area contributed by atoms with E-state index in [-0.39, 0.29) is 24.3 Å². The molecule has 0 spiro atoms. The maximum atomic E-state index is 12.9. The average Bonchev–Trinajstić information content (AvgIpc) is 3.49. The molecule has 1 aromatic carbocycles. The standard InChI is InChI=1S/C24H31N3O7/c1-14-18(25-26-27(14)11-15-9-7-6-8-10-15)21(28)29-12-16-19(17-13-30-23(2,3)32-17)31-22-20(16)33-24(4,5)34-22/h6-10,16-17,19-20,22H,11-13H2,1-5H3/t16-,17?,19+,20-,22-/m1/s1. The highest BCUT2D eigenvalue weighted by Gasteiger charge is 2.58. The molecular formula is C24H31N3O7. The van der Waals surface area contributed by atoms with E-state index in [1.165, 1.54) is 0 Å². The van der Waals surface area contributed by atoms with E-state index in [4.69, 9.17) is 28.4 Å². The van der Waals surface area contributed by atoms with Crippen LogP contribution in [0.25, 0.3) is 0 Å². The van der Waals surface area contributed by atoms with Gasteiger partial charge in [0.2, 0.25) is 0 Å². The zero-order chi connectivity index (χ0) is 24.1. The van der Waals surface area contributed by atoms with Crippen LogP contribution in [0, 0.1) is 12.8 Å². The smallest absolute Gasteiger partial charge is 0.360 e. The fourth-order valence-corrected chi connectivity index (χ4v) is 4.72. The number of hydrogen-bond donors (Lipinski definition) is 0. The molecule has 3 aliphatic rings. The molecule has 5 rings (SSSR count). The van der Waals surface area contributed by atoms with Gasteiger partial charge >= 0.3 is 5.97 Å². The van der Waals surface area contributed by atoms with Crippen LogP contribution in [0.5, 0.6) is 0 Å². The van der Waals surface area contributed by atoms with Crippen LogP contribution in [-0.4, -0.2) is 70.4 Å². The second-order valence-corrected chi connectivity index (χ2v) is 9.87. The molecule has 34 heavy (non-hydrogen) atoms. The van der Waals surface area contributed by atoms with E-state index >= 15 is 0 Å². The topological polar surface area (TPSA) is 103 Å². The van der Waals surface area contributed by atoms with Crippen LogP contribution in [0.1, 0.15) is 49.4 Å². The molecule has 3 aliphatic heterocycles. The molecule has 0 radical (unpaired) electrons. The minimum Gasteiger partial charge on any atom is -0.460 e. The third-order valence-corrected chi connectivity index (χ3v) is 6.38. The van der Waals surface area contributed by atoms with Crippen molar-refractivity contribution in [3.8, 4) is 0 Å². The van der Waals surface area contributed by atoms with Gasteiger partial charge in [0.1, 0.15) is 12.2 Å². The van der Waals surface area contributed by atoms with Gasteiger partial charge in [-0.2, -0.15) is 0 Å². The lowest BCUT2D eigenvalue weighted by Gasteiger charge is -2.28. The summed E-state index contributed by atoms with van der Waals surface area (Å²) in [6.07, 6.45) is -1.69. The van der Waals surface area contributed by atoms with Crippen molar-refractivity contribution in [3.63, 3.8) is 0 Å². The Hall–Kier alpha value is -2.37. The molecule has 3 saturated heterocycles. The van der Waals surface area contributed by atoms with Crippen LogP contribution in [0.3, 0.4) is 0 Å². The molecule has 10 heteroatoms. The molecule has 1 aromatic heterocycles. The van der Waals surface area contributed by atoms with E-state index in [1.807, 2.05) is 58.0 Å². The van der Waals surface area contributed by atoms with Gasteiger partial charge in [0.25, 0.3) is 0 Å². The molecule has 0 N–H and O–H groups in total. The van der Waals surface area contributed by atoms with E-state index < -0.39 is 36.0 Å². The molecule has 0 bridgehead atoms. The Kier molecular flexibility index (Phi) is 5.97. The van der Waals surface area contributed by atoms with E-state index in [2.05, 4.69) is 10.3 Å². The molecule has 184 valence electrons. The van der Waals surface area contributed by atoms with Gasteiger partial charge in [0, 0.05) is 0 Å². The summed E-state index contributed by atoms with van der Waals surface area (Å²) in [7, 11) is 0. The molecule has 0 saturated carbocycles. The first-order valence-electron chi connectivity index (χ1n) is 11.6. The molecule has 0 aliphatic carbocycles. The van der Waals surface area contributed by atoms with Crippen LogP contribution in [0.15, 0.2) is 30.3 Å². The van der Waals surface area contributed by atoms with Gasteiger partial charge in [0.05, 0.1) is 37.5 Å². The van der Waals surface area contributed by atoms with Crippen molar-refractivity contribution in [3.05, 3.63) is 47.3 Å². The summed E-state index contributed by atoms with van der Waals surface area (Å²) in [5, 5.41) is 8.21. The van der Waals surface area contributed by atoms with Gasteiger partial charge in [-0.3, -0.25) is 0 Å². The second-order valence-electron chi connectivity index (χ2n) is 9.87. The number of nitrogens with zero attached hydrogens (tertiary/aromatic N) is 3. The SMILES string of the molecule is Cc1c(C(=O)OC[C@H]2[C@H]3OC(C)(C)O[C@H]3O[C@@H]2C2COC(C)(C)O2)nnn1Cc1ccccc1. The lowest BCUT2D eigenvalue weighted by atomic mass is 9.95. The summed E-state index contributed by atoms with van der Waals surface area (Å²) in [5.41, 5.74) is 1.89. The highest BCUT2D eigenvalue weighted by Crippen LogP contribution is 2.44. The van der Waals surface area contributed by atoms with E-state index in [9.17, 15) is 4.79 Å². The monoisotopic (exact) mass is 473 g/mol. The number of carbonyl (C=O) groups is 1. The van der Waals surface area contributed by atoms with Crippen molar-refractivity contribution < 1.29 is 33.2 Å². The van der Waals surface area contributed by atoms with Crippen LogP contribution in [-0.2, 0) is 35.0 Å². The number of rotatable bonds is 6. The molecule has 2 aromatic rings. The third kappa shape index (κ3) is 4.60. The summed E-state index contributed by atoms with van der Waals surface area (Å²) in [5.74, 6) is -2.33. The normalized spacial score (nSPS) is 31.5. The van der Waals surface area contributed by atoms with Crippen molar-refractivity contribution in [2.24, 2.45) is 5.92 Å². The zero-order valence-electron chi connectivity index (χ0n) is 20.1. The van der Waals surface area contributed by atoms with Crippen LogP contribution >= 0.6 is 0 Å². The molecule has 4 heterocycles. The highest BCUT2D eigenvalue weighted by molar-refractivity contribution is 5.88. The van der Waals surface area contributed by atoms with Gasteiger partial charge in [-0.05, 0) is 40.2 Å². The van der Waals surface area contributed by atoms with Crippen molar-refractivity contribution in [1.82, 2.24) is 15.0 Å². The number of aromatic nitrogens is 3. The first-order valence-corrected chi connectivity index (χ1v) is 11.6. The number of ether oxygens (including phenoxy) is 6. The summed E-state index contributed by atoms with van der Waals surface area (Å²) in [6.45, 7) is 10.1. The molecule has 5 atom stereocenters. The summed E-state index contributed by atoms with van der Waals surface area (Å²) < 4.78 is 37.3. The molecule has 1 unspecified atom stereocenters.